The number of benzene rings is 1. The lowest BCUT2D eigenvalue weighted by Crippen LogP contribution is -2.18. The Balaban J connectivity index is 1.82. The zero-order valence-corrected chi connectivity index (χ0v) is 10.3. The molecular weight excluding hydrogens is 232 g/mol. The van der Waals surface area contributed by atoms with Crippen LogP contribution in [0, 0.1) is 0 Å². The van der Waals surface area contributed by atoms with Crippen LogP contribution in [0.25, 0.3) is 0 Å². The monoisotopic (exact) mass is 248 g/mol. The Morgan fingerprint density at radius 1 is 1.50 bits per heavy atom. The molecule has 1 heterocycles. The highest BCUT2D eigenvalue weighted by Crippen LogP contribution is 2.23. The van der Waals surface area contributed by atoms with Crippen LogP contribution in [0.4, 0.5) is 5.69 Å². The maximum atomic E-state index is 11.2. The minimum Gasteiger partial charge on any atom is -0.469 e. The molecule has 5 nitrogen and oxygen atoms in total. The molecule has 1 aromatic rings. The van der Waals surface area contributed by atoms with Crippen LogP contribution in [0.1, 0.15) is 17.5 Å². The minimum atomic E-state index is -0.216. The van der Waals surface area contributed by atoms with Gasteiger partial charge in [0, 0.05) is 18.8 Å². The SMILES string of the molecule is COC(=O)CCNCc1ccc2c(c1)CC(=O)N2. The van der Waals surface area contributed by atoms with Gasteiger partial charge in [-0.1, -0.05) is 12.1 Å². The zero-order chi connectivity index (χ0) is 13.0. The Hall–Kier alpha value is -1.88. The van der Waals surface area contributed by atoms with Crippen LogP contribution in [0.3, 0.4) is 0 Å². The summed E-state index contributed by atoms with van der Waals surface area (Å²) in [5.74, 6) is -0.174. The molecule has 0 saturated heterocycles. The van der Waals surface area contributed by atoms with Crippen LogP contribution in [0.2, 0.25) is 0 Å². The summed E-state index contributed by atoms with van der Waals surface area (Å²) < 4.78 is 4.55. The largest absolute Gasteiger partial charge is 0.469 e. The second-order valence-electron chi connectivity index (χ2n) is 4.22. The third-order valence-corrected chi connectivity index (χ3v) is 2.86. The molecule has 0 aliphatic carbocycles. The number of ether oxygens (including phenoxy) is 1. The summed E-state index contributed by atoms with van der Waals surface area (Å²) in [6.07, 6.45) is 0.812. The number of esters is 1. The van der Waals surface area contributed by atoms with Crippen molar-refractivity contribution in [2.75, 3.05) is 19.0 Å². The van der Waals surface area contributed by atoms with Gasteiger partial charge in [0.25, 0.3) is 0 Å². The van der Waals surface area contributed by atoms with E-state index in [9.17, 15) is 9.59 Å². The van der Waals surface area contributed by atoms with Gasteiger partial charge in [-0.2, -0.15) is 0 Å². The molecule has 1 aliphatic rings. The summed E-state index contributed by atoms with van der Waals surface area (Å²) in [6.45, 7) is 1.26. The number of hydrogen-bond donors (Lipinski definition) is 2. The lowest BCUT2D eigenvalue weighted by atomic mass is 10.1. The van der Waals surface area contributed by atoms with Crippen molar-refractivity contribution in [2.24, 2.45) is 0 Å². The maximum Gasteiger partial charge on any atom is 0.306 e. The number of methoxy groups -OCH3 is 1. The first-order valence-corrected chi connectivity index (χ1v) is 5.88. The van der Waals surface area contributed by atoms with Crippen molar-refractivity contribution in [1.29, 1.82) is 0 Å². The lowest BCUT2D eigenvalue weighted by molar-refractivity contribution is -0.140. The zero-order valence-electron chi connectivity index (χ0n) is 10.3. The van der Waals surface area contributed by atoms with E-state index in [0.717, 1.165) is 16.8 Å². The molecule has 0 bridgehead atoms. The second kappa shape index (κ2) is 5.64. The molecule has 2 N–H and O–H groups in total. The summed E-state index contributed by atoms with van der Waals surface area (Å²) >= 11 is 0. The van der Waals surface area contributed by atoms with Crippen molar-refractivity contribution in [1.82, 2.24) is 5.32 Å². The van der Waals surface area contributed by atoms with Crippen LogP contribution in [-0.4, -0.2) is 25.5 Å². The van der Waals surface area contributed by atoms with Gasteiger partial charge in [0.2, 0.25) is 5.91 Å². The Morgan fingerprint density at radius 2 is 2.33 bits per heavy atom. The number of amides is 1. The lowest BCUT2D eigenvalue weighted by Gasteiger charge is -2.06. The number of fused-ring (bicyclic) bond motifs is 1. The van der Waals surface area contributed by atoms with E-state index in [2.05, 4.69) is 15.4 Å². The number of nitrogens with one attached hydrogen (secondary N) is 2. The average Bonchev–Trinajstić information content (AvgIpc) is 2.73. The van der Waals surface area contributed by atoms with E-state index in [0.29, 0.717) is 25.9 Å². The topological polar surface area (TPSA) is 67.4 Å². The Kier molecular flexibility index (Phi) is 3.94. The van der Waals surface area contributed by atoms with E-state index in [1.54, 1.807) is 0 Å². The standard InChI is InChI=1S/C13H16N2O3/c1-18-13(17)4-5-14-8-9-2-3-11-10(6-9)7-12(16)15-11/h2-3,6,14H,4-5,7-8H2,1H3,(H,15,16). The van der Waals surface area contributed by atoms with Crippen LogP contribution in [0.5, 0.6) is 0 Å². The van der Waals surface area contributed by atoms with Crippen LogP contribution >= 0.6 is 0 Å². The molecule has 0 unspecified atom stereocenters. The molecule has 1 aromatic carbocycles. The predicted molar refractivity (Wildman–Crippen MR) is 67.1 cm³/mol. The summed E-state index contributed by atoms with van der Waals surface area (Å²) in [5.41, 5.74) is 3.04. The van der Waals surface area contributed by atoms with Crippen LogP contribution < -0.4 is 10.6 Å². The first kappa shape index (κ1) is 12.6. The highest BCUT2D eigenvalue weighted by atomic mass is 16.5. The fourth-order valence-electron chi connectivity index (χ4n) is 1.92. The fourth-order valence-corrected chi connectivity index (χ4v) is 1.92. The number of carbonyl (C=O) groups is 2. The molecule has 18 heavy (non-hydrogen) atoms. The number of anilines is 1. The maximum absolute atomic E-state index is 11.2. The normalized spacial score (nSPS) is 13.1. The van der Waals surface area contributed by atoms with Crippen molar-refractivity contribution in [3.8, 4) is 0 Å². The summed E-state index contributed by atoms with van der Waals surface area (Å²) in [6, 6.07) is 5.89. The molecule has 96 valence electrons. The first-order chi connectivity index (χ1) is 8.69. The quantitative estimate of drug-likeness (QED) is 0.598. The molecule has 1 aliphatic heterocycles. The van der Waals surface area contributed by atoms with E-state index in [1.807, 2.05) is 18.2 Å². The number of rotatable bonds is 5. The van der Waals surface area contributed by atoms with Gasteiger partial charge >= 0.3 is 5.97 Å². The van der Waals surface area contributed by atoms with Gasteiger partial charge in [0.15, 0.2) is 0 Å². The Bertz CT molecular complexity index is 471. The number of hydrogen-bond acceptors (Lipinski definition) is 4. The Morgan fingerprint density at radius 3 is 3.11 bits per heavy atom. The van der Waals surface area contributed by atoms with E-state index in [1.165, 1.54) is 7.11 Å². The molecule has 1 amide bonds. The van der Waals surface area contributed by atoms with Crippen LogP contribution in [-0.2, 0) is 27.3 Å². The van der Waals surface area contributed by atoms with Crippen molar-refractivity contribution in [2.45, 2.75) is 19.4 Å². The molecule has 0 aromatic heterocycles. The third kappa shape index (κ3) is 3.07. The molecule has 0 radical (unpaired) electrons. The summed E-state index contributed by atoms with van der Waals surface area (Å²) in [7, 11) is 1.38. The van der Waals surface area contributed by atoms with Gasteiger partial charge in [-0.25, -0.2) is 0 Å². The summed E-state index contributed by atoms with van der Waals surface area (Å²) in [5, 5.41) is 5.96. The van der Waals surface area contributed by atoms with Crippen molar-refractivity contribution >= 4 is 17.6 Å². The molecule has 2 rings (SSSR count). The fraction of sp³-hybridized carbons (Fsp3) is 0.385. The molecule has 0 saturated carbocycles. The van der Waals surface area contributed by atoms with Crippen molar-refractivity contribution in [3.63, 3.8) is 0 Å². The first-order valence-electron chi connectivity index (χ1n) is 5.88. The van der Waals surface area contributed by atoms with E-state index in [4.69, 9.17) is 0 Å². The van der Waals surface area contributed by atoms with Crippen LogP contribution in [0.15, 0.2) is 18.2 Å². The van der Waals surface area contributed by atoms with Gasteiger partial charge < -0.3 is 15.4 Å². The van der Waals surface area contributed by atoms with Gasteiger partial charge in [0.1, 0.15) is 0 Å². The number of carbonyl (C=O) groups excluding carboxylic acids is 2. The van der Waals surface area contributed by atoms with Crippen molar-refractivity contribution < 1.29 is 14.3 Å². The smallest absolute Gasteiger partial charge is 0.306 e. The molecular formula is C13H16N2O3. The predicted octanol–water partition coefficient (Wildman–Crippen LogP) is 0.834. The molecule has 0 fully saturated rings. The third-order valence-electron chi connectivity index (χ3n) is 2.86. The molecule has 0 spiro atoms. The molecule has 5 heteroatoms. The van der Waals surface area contributed by atoms with E-state index < -0.39 is 0 Å². The van der Waals surface area contributed by atoms with E-state index in [-0.39, 0.29) is 11.9 Å². The van der Waals surface area contributed by atoms with Gasteiger partial charge in [-0.15, -0.1) is 0 Å². The van der Waals surface area contributed by atoms with E-state index >= 15 is 0 Å². The van der Waals surface area contributed by atoms with Crippen molar-refractivity contribution in [3.05, 3.63) is 29.3 Å². The highest BCUT2D eigenvalue weighted by Gasteiger charge is 2.17. The van der Waals surface area contributed by atoms with Gasteiger partial charge in [-0.3, -0.25) is 9.59 Å². The van der Waals surface area contributed by atoms with Gasteiger partial charge in [-0.05, 0) is 17.2 Å². The van der Waals surface area contributed by atoms with Gasteiger partial charge in [0.05, 0.1) is 20.0 Å². The average molecular weight is 248 g/mol. The second-order valence-corrected chi connectivity index (χ2v) is 4.22. The minimum absolute atomic E-state index is 0.0424. The Labute approximate surface area is 106 Å². The summed E-state index contributed by atoms with van der Waals surface area (Å²) in [4.78, 5) is 22.1. The molecule has 0 atom stereocenters. The highest BCUT2D eigenvalue weighted by molar-refractivity contribution is 5.99.